The molecule has 2 rings (SSSR count). The number of carbonyl (C=O) groups is 1. The van der Waals surface area contributed by atoms with E-state index in [-0.39, 0.29) is 5.56 Å². The third kappa shape index (κ3) is 1.39. The quantitative estimate of drug-likeness (QED) is 0.817. The summed E-state index contributed by atoms with van der Waals surface area (Å²) in [4.78, 5) is 14.5. The first-order valence-electron chi connectivity index (χ1n) is 3.44. The second kappa shape index (κ2) is 2.99. The van der Waals surface area contributed by atoms with Crippen LogP contribution in [-0.2, 0) is 0 Å². The lowest BCUT2D eigenvalue weighted by atomic mass is 10.2. The lowest BCUT2D eigenvalue weighted by Crippen LogP contribution is -1.96. The summed E-state index contributed by atoms with van der Waals surface area (Å²) >= 11 is 2.07. The molecule has 0 aliphatic heterocycles. The molecule has 66 valence electrons. The van der Waals surface area contributed by atoms with Crippen LogP contribution in [-0.4, -0.2) is 16.1 Å². The number of nitrogens with zero attached hydrogens (tertiary/aromatic N) is 1. The molecule has 2 aromatic rings. The Hall–Kier alpha value is -1.11. The molecule has 5 heteroatoms. The highest BCUT2D eigenvalue weighted by molar-refractivity contribution is 14.1. The van der Waals surface area contributed by atoms with E-state index in [1.807, 2.05) is 0 Å². The fourth-order valence-electron chi connectivity index (χ4n) is 1.01. The summed E-state index contributed by atoms with van der Waals surface area (Å²) < 4.78 is 5.94. The Kier molecular flexibility index (Phi) is 1.95. The average molecular weight is 289 g/mol. The van der Waals surface area contributed by atoms with Gasteiger partial charge in [-0.25, -0.2) is 9.78 Å². The lowest BCUT2D eigenvalue weighted by molar-refractivity contribution is 0.0696. The summed E-state index contributed by atoms with van der Waals surface area (Å²) in [6.07, 6.45) is 2.83. The molecular formula is C8H4INO3. The number of carboxylic acid groups (broad SMARTS) is 1. The lowest BCUT2D eigenvalue weighted by Gasteiger charge is -1.92. The third-order valence-electron chi connectivity index (χ3n) is 1.63. The number of carboxylic acids is 1. The van der Waals surface area contributed by atoms with Crippen molar-refractivity contribution in [1.82, 2.24) is 4.98 Å². The van der Waals surface area contributed by atoms with Crippen LogP contribution < -0.4 is 0 Å². The van der Waals surface area contributed by atoms with E-state index in [1.165, 1.54) is 6.20 Å². The molecule has 4 nitrogen and oxygen atoms in total. The molecule has 0 saturated carbocycles. The Labute approximate surface area is 86.7 Å². The number of fused-ring (bicyclic) bond motifs is 1. The maximum absolute atomic E-state index is 10.6. The third-order valence-corrected chi connectivity index (χ3v) is 2.46. The monoisotopic (exact) mass is 289 g/mol. The van der Waals surface area contributed by atoms with E-state index >= 15 is 0 Å². The maximum Gasteiger partial charge on any atom is 0.337 e. The van der Waals surface area contributed by atoms with Crippen LogP contribution in [0.25, 0.3) is 11.1 Å². The van der Waals surface area contributed by atoms with Gasteiger partial charge in [-0.2, -0.15) is 0 Å². The highest BCUT2D eigenvalue weighted by Gasteiger charge is 2.08. The summed E-state index contributed by atoms with van der Waals surface area (Å²) in [7, 11) is 0. The van der Waals surface area contributed by atoms with Gasteiger partial charge < -0.3 is 9.52 Å². The first kappa shape index (κ1) is 8.49. The standard InChI is InChI=1S/C8H4INO3/c9-6-3-13-7-5(6)1-4(2-10-7)8(11)12/h1-3H,(H,11,12). The molecule has 13 heavy (non-hydrogen) atoms. The zero-order valence-electron chi connectivity index (χ0n) is 6.32. The van der Waals surface area contributed by atoms with Gasteiger partial charge in [-0.15, -0.1) is 0 Å². The van der Waals surface area contributed by atoms with Crippen LogP contribution in [0.2, 0.25) is 0 Å². The van der Waals surface area contributed by atoms with E-state index in [9.17, 15) is 4.79 Å². The molecule has 0 aromatic carbocycles. The van der Waals surface area contributed by atoms with Crippen molar-refractivity contribution in [3.63, 3.8) is 0 Å². The van der Waals surface area contributed by atoms with Crippen molar-refractivity contribution >= 4 is 39.7 Å². The molecule has 0 bridgehead atoms. The van der Waals surface area contributed by atoms with Gasteiger partial charge in [-0.05, 0) is 28.7 Å². The van der Waals surface area contributed by atoms with Gasteiger partial charge in [0.05, 0.1) is 14.5 Å². The summed E-state index contributed by atoms with van der Waals surface area (Å²) in [5, 5.41) is 9.44. The predicted octanol–water partition coefficient (Wildman–Crippen LogP) is 2.13. The smallest absolute Gasteiger partial charge is 0.337 e. The van der Waals surface area contributed by atoms with Gasteiger partial charge in [0.2, 0.25) is 5.71 Å². The molecule has 0 saturated heterocycles. The van der Waals surface area contributed by atoms with Crippen molar-refractivity contribution in [1.29, 1.82) is 0 Å². The Morgan fingerprint density at radius 1 is 1.62 bits per heavy atom. The molecule has 0 fully saturated rings. The molecule has 2 heterocycles. The van der Waals surface area contributed by atoms with Gasteiger partial charge in [0.1, 0.15) is 6.26 Å². The first-order chi connectivity index (χ1) is 6.18. The van der Waals surface area contributed by atoms with Crippen LogP contribution in [0.5, 0.6) is 0 Å². The SMILES string of the molecule is O=C(O)c1cnc2occ(I)c2c1. The van der Waals surface area contributed by atoms with Crippen LogP contribution in [0.4, 0.5) is 0 Å². The van der Waals surface area contributed by atoms with E-state index in [0.717, 1.165) is 8.96 Å². The van der Waals surface area contributed by atoms with Gasteiger partial charge in [-0.1, -0.05) is 0 Å². The Morgan fingerprint density at radius 2 is 2.38 bits per heavy atom. The Balaban J connectivity index is 2.72. The van der Waals surface area contributed by atoms with Gasteiger partial charge in [-0.3, -0.25) is 0 Å². The van der Waals surface area contributed by atoms with Gasteiger partial charge >= 0.3 is 5.97 Å². The second-order valence-electron chi connectivity index (χ2n) is 2.47. The largest absolute Gasteiger partial charge is 0.478 e. The molecule has 0 aliphatic rings. The van der Waals surface area contributed by atoms with Crippen LogP contribution in [0.1, 0.15) is 10.4 Å². The van der Waals surface area contributed by atoms with Crippen LogP contribution in [0, 0.1) is 3.57 Å². The van der Waals surface area contributed by atoms with Crippen molar-refractivity contribution in [2.24, 2.45) is 0 Å². The van der Waals surface area contributed by atoms with Crippen molar-refractivity contribution < 1.29 is 14.3 Å². The number of hydrogen-bond acceptors (Lipinski definition) is 3. The fraction of sp³-hybridized carbons (Fsp3) is 0. The number of halogens is 1. The highest BCUT2D eigenvalue weighted by Crippen LogP contribution is 2.21. The molecular weight excluding hydrogens is 285 g/mol. The minimum atomic E-state index is -0.980. The van der Waals surface area contributed by atoms with E-state index in [0.29, 0.717) is 5.71 Å². The zero-order valence-corrected chi connectivity index (χ0v) is 8.48. The number of hydrogen-bond donors (Lipinski definition) is 1. The number of rotatable bonds is 1. The zero-order chi connectivity index (χ0) is 9.42. The second-order valence-corrected chi connectivity index (χ2v) is 3.63. The minimum absolute atomic E-state index is 0.173. The van der Waals surface area contributed by atoms with Crippen molar-refractivity contribution in [3.05, 3.63) is 27.7 Å². The maximum atomic E-state index is 10.6. The van der Waals surface area contributed by atoms with Gasteiger partial charge in [0, 0.05) is 6.20 Å². The summed E-state index contributed by atoms with van der Waals surface area (Å²) in [6.45, 7) is 0. The van der Waals surface area contributed by atoms with E-state index in [1.54, 1.807) is 12.3 Å². The van der Waals surface area contributed by atoms with E-state index in [2.05, 4.69) is 27.6 Å². The molecule has 0 unspecified atom stereocenters. The summed E-state index contributed by atoms with van der Waals surface area (Å²) in [5.74, 6) is -0.980. The van der Waals surface area contributed by atoms with Crippen LogP contribution in [0.15, 0.2) is 22.9 Å². The number of aromatic carboxylic acids is 1. The Morgan fingerprint density at radius 3 is 3.08 bits per heavy atom. The number of furan rings is 1. The van der Waals surface area contributed by atoms with Crippen molar-refractivity contribution in [2.75, 3.05) is 0 Å². The number of pyridine rings is 1. The molecule has 0 radical (unpaired) electrons. The van der Waals surface area contributed by atoms with Crippen molar-refractivity contribution in [2.45, 2.75) is 0 Å². The van der Waals surface area contributed by atoms with Crippen LogP contribution >= 0.6 is 22.6 Å². The van der Waals surface area contributed by atoms with Gasteiger partial charge in [0.25, 0.3) is 0 Å². The molecule has 0 amide bonds. The normalized spacial score (nSPS) is 10.5. The molecule has 0 spiro atoms. The molecule has 2 aromatic heterocycles. The average Bonchev–Trinajstić information content (AvgIpc) is 2.47. The van der Waals surface area contributed by atoms with Crippen molar-refractivity contribution in [3.8, 4) is 0 Å². The first-order valence-corrected chi connectivity index (χ1v) is 4.52. The predicted molar refractivity (Wildman–Crippen MR) is 53.7 cm³/mol. The molecule has 1 N–H and O–H groups in total. The topological polar surface area (TPSA) is 63.3 Å². The van der Waals surface area contributed by atoms with Gasteiger partial charge in [0.15, 0.2) is 0 Å². The highest BCUT2D eigenvalue weighted by atomic mass is 127. The van der Waals surface area contributed by atoms with E-state index < -0.39 is 5.97 Å². The molecule has 0 atom stereocenters. The van der Waals surface area contributed by atoms with E-state index in [4.69, 9.17) is 9.52 Å². The summed E-state index contributed by atoms with van der Waals surface area (Å²) in [6, 6.07) is 1.55. The number of aromatic nitrogens is 1. The fourth-order valence-corrected chi connectivity index (χ4v) is 1.52. The summed E-state index contributed by atoms with van der Waals surface area (Å²) in [5.41, 5.74) is 0.640. The van der Waals surface area contributed by atoms with Crippen LogP contribution in [0.3, 0.4) is 0 Å². The molecule has 0 aliphatic carbocycles. The Bertz CT molecular complexity index is 477. The minimum Gasteiger partial charge on any atom is -0.478 e.